The van der Waals surface area contributed by atoms with Gasteiger partial charge in [0.25, 0.3) is 0 Å². The van der Waals surface area contributed by atoms with Gasteiger partial charge in [0.2, 0.25) is 5.91 Å². The molecule has 0 spiro atoms. The minimum atomic E-state index is -4.54. The Balaban J connectivity index is 1.78. The number of nitrogens with one attached hydrogen (secondary N) is 1. The van der Waals surface area contributed by atoms with Gasteiger partial charge in [-0.15, -0.1) is 0 Å². The summed E-state index contributed by atoms with van der Waals surface area (Å²) in [4.78, 5) is 11.6. The van der Waals surface area contributed by atoms with E-state index >= 15 is 0 Å². The first-order valence-electron chi connectivity index (χ1n) is 11.2. The van der Waals surface area contributed by atoms with E-state index < -0.39 is 18.1 Å². The highest BCUT2D eigenvalue weighted by Crippen LogP contribution is 2.43. The zero-order valence-corrected chi connectivity index (χ0v) is 18.0. The van der Waals surface area contributed by atoms with E-state index in [1.165, 1.54) is 31.7 Å². The molecule has 1 unspecified atom stereocenters. The molecule has 1 amide bonds. The van der Waals surface area contributed by atoms with Gasteiger partial charge >= 0.3 is 6.18 Å². The molecule has 31 heavy (non-hydrogen) atoms. The fourth-order valence-corrected chi connectivity index (χ4v) is 4.13. The lowest BCUT2D eigenvalue weighted by atomic mass is 9.97. The van der Waals surface area contributed by atoms with Crippen molar-refractivity contribution in [2.24, 2.45) is 0 Å². The standard InChI is InChI=1S/C24H31F3N2O2/c1-2-3-4-5-6-7-8-17-31-20-14-10-12-18-11-9-13-19(22(18)20)23(24(25,26)27)29-16-15-21(30)28-29/h9-14,23H,2-8,15-17H2,1H3,(H,28,30). The summed E-state index contributed by atoms with van der Waals surface area (Å²) in [5, 5.41) is 2.13. The number of unbranched alkanes of at least 4 members (excludes halogenated alkanes) is 6. The lowest BCUT2D eigenvalue weighted by Gasteiger charge is -2.30. The van der Waals surface area contributed by atoms with Crippen LogP contribution >= 0.6 is 0 Å². The molecular formula is C24H31F3N2O2. The van der Waals surface area contributed by atoms with Crippen molar-refractivity contribution in [2.45, 2.75) is 70.5 Å². The van der Waals surface area contributed by atoms with Gasteiger partial charge in [-0.3, -0.25) is 10.2 Å². The Morgan fingerprint density at radius 1 is 1.03 bits per heavy atom. The molecule has 2 aromatic rings. The predicted octanol–water partition coefficient (Wildman–Crippen LogP) is 6.31. The van der Waals surface area contributed by atoms with Crippen LogP contribution in [-0.2, 0) is 4.79 Å². The Morgan fingerprint density at radius 3 is 2.35 bits per heavy atom. The first-order valence-corrected chi connectivity index (χ1v) is 11.2. The van der Waals surface area contributed by atoms with Crippen molar-refractivity contribution >= 4 is 16.7 Å². The molecule has 1 atom stereocenters. The number of alkyl halides is 3. The number of hydrazine groups is 1. The van der Waals surface area contributed by atoms with Crippen molar-refractivity contribution in [3.8, 4) is 5.75 Å². The number of rotatable bonds is 11. The molecule has 2 aromatic carbocycles. The number of amides is 1. The zero-order valence-electron chi connectivity index (χ0n) is 18.0. The van der Waals surface area contributed by atoms with Crippen LogP contribution in [0.2, 0.25) is 0 Å². The first kappa shape index (κ1) is 23.4. The minimum absolute atomic E-state index is 0.0143. The molecule has 1 aliphatic heterocycles. The summed E-state index contributed by atoms with van der Waals surface area (Å²) in [6, 6.07) is 8.27. The topological polar surface area (TPSA) is 41.6 Å². The second kappa shape index (κ2) is 10.8. The molecule has 3 rings (SSSR count). The van der Waals surface area contributed by atoms with E-state index in [-0.39, 0.29) is 18.5 Å². The van der Waals surface area contributed by atoms with Gasteiger partial charge in [0, 0.05) is 18.4 Å². The smallest absolute Gasteiger partial charge is 0.409 e. The third-order valence-electron chi connectivity index (χ3n) is 5.67. The summed E-state index contributed by atoms with van der Waals surface area (Å²) in [5.41, 5.74) is 2.46. The molecule has 0 bridgehead atoms. The molecule has 0 radical (unpaired) electrons. The molecule has 1 fully saturated rings. The summed E-state index contributed by atoms with van der Waals surface area (Å²) < 4.78 is 48.2. The molecule has 0 aliphatic carbocycles. The predicted molar refractivity (Wildman–Crippen MR) is 116 cm³/mol. The highest BCUT2D eigenvalue weighted by atomic mass is 19.4. The van der Waals surface area contributed by atoms with Crippen molar-refractivity contribution in [1.82, 2.24) is 10.4 Å². The SMILES string of the molecule is CCCCCCCCCOc1cccc2cccc(C(N3CCC(=O)N3)C(F)(F)F)c12. The molecule has 1 aliphatic rings. The number of nitrogens with zero attached hydrogens (tertiary/aromatic N) is 1. The second-order valence-corrected chi connectivity index (χ2v) is 8.09. The molecule has 7 heteroatoms. The number of carbonyl (C=O) groups is 1. The maximum Gasteiger partial charge on any atom is 0.409 e. The molecule has 0 saturated carbocycles. The molecular weight excluding hydrogens is 405 g/mol. The van der Waals surface area contributed by atoms with Gasteiger partial charge < -0.3 is 4.74 Å². The molecule has 0 aromatic heterocycles. The van der Waals surface area contributed by atoms with Gasteiger partial charge in [0.05, 0.1) is 6.61 Å². The molecule has 1 N–H and O–H groups in total. The number of benzene rings is 2. The number of fused-ring (bicyclic) bond motifs is 1. The van der Waals surface area contributed by atoms with E-state index in [4.69, 9.17) is 4.74 Å². The third-order valence-corrected chi connectivity index (χ3v) is 5.67. The summed E-state index contributed by atoms with van der Waals surface area (Å²) in [7, 11) is 0. The van der Waals surface area contributed by atoms with Crippen molar-refractivity contribution in [1.29, 1.82) is 0 Å². The summed E-state index contributed by atoms with van der Waals surface area (Å²) in [6.07, 6.45) is 3.50. The van der Waals surface area contributed by atoms with Crippen LogP contribution in [0.5, 0.6) is 5.75 Å². The fourth-order valence-electron chi connectivity index (χ4n) is 4.13. The Hall–Kier alpha value is -2.28. The largest absolute Gasteiger partial charge is 0.493 e. The van der Waals surface area contributed by atoms with Crippen LogP contribution in [0.15, 0.2) is 36.4 Å². The monoisotopic (exact) mass is 436 g/mol. The average molecular weight is 437 g/mol. The van der Waals surface area contributed by atoms with E-state index in [1.807, 2.05) is 0 Å². The van der Waals surface area contributed by atoms with Crippen LogP contribution < -0.4 is 10.2 Å². The van der Waals surface area contributed by atoms with E-state index in [1.54, 1.807) is 30.3 Å². The number of halogens is 3. The quantitative estimate of drug-likeness (QED) is 0.420. The number of hydrogen-bond donors (Lipinski definition) is 1. The Morgan fingerprint density at radius 2 is 1.71 bits per heavy atom. The van der Waals surface area contributed by atoms with Crippen LogP contribution in [0.3, 0.4) is 0 Å². The second-order valence-electron chi connectivity index (χ2n) is 8.09. The number of carbonyl (C=O) groups excluding carboxylic acids is 1. The maximum absolute atomic E-state index is 14.1. The van der Waals surface area contributed by atoms with Crippen molar-refractivity contribution in [3.05, 3.63) is 42.0 Å². The normalized spacial score (nSPS) is 15.9. The lowest BCUT2D eigenvalue weighted by molar-refractivity contribution is -0.190. The molecule has 4 nitrogen and oxygen atoms in total. The van der Waals surface area contributed by atoms with Crippen molar-refractivity contribution in [3.63, 3.8) is 0 Å². The maximum atomic E-state index is 14.1. The third kappa shape index (κ3) is 6.12. The Labute approximate surface area is 181 Å². The number of ether oxygens (including phenoxy) is 1. The fraction of sp³-hybridized carbons (Fsp3) is 0.542. The summed E-state index contributed by atoms with van der Waals surface area (Å²) >= 11 is 0. The van der Waals surface area contributed by atoms with Gasteiger partial charge in [-0.2, -0.15) is 13.2 Å². The Bertz CT molecular complexity index is 864. The van der Waals surface area contributed by atoms with Crippen molar-refractivity contribution < 1.29 is 22.7 Å². The van der Waals surface area contributed by atoms with Crippen LogP contribution in [-0.4, -0.2) is 30.2 Å². The number of hydrogen-bond acceptors (Lipinski definition) is 3. The molecule has 1 heterocycles. The molecule has 1 saturated heterocycles. The van der Waals surface area contributed by atoms with Crippen molar-refractivity contribution in [2.75, 3.05) is 13.2 Å². The highest BCUT2D eigenvalue weighted by molar-refractivity contribution is 5.92. The lowest BCUT2D eigenvalue weighted by Crippen LogP contribution is -2.43. The van der Waals surface area contributed by atoms with E-state index in [2.05, 4.69) is 12.3 Å². The van der Waals surface area contributed by atoms with Gasteiger partial charge in [0.15, 0.2) is 6.04 Å². The van der Waals surface area contributed by atoms with E-state index in [0.29, 0.717) is 23.1 Å². The zero-order chi connectivity index (χ0) is 22.3. The van der Waals surface area contributed by atoms with Gasteiger partial charge in [-0.1, -0.05) is 75.8 Å². The van der Waals surface area contributed by atoms with Gasteiger partial charge in [0.1, 0.15) is 5.75 Å². The van der Waals surface area contributed by atoms with E-state index in [9.17, 15) is 18.0 Å². The van der Waals surface area contributed by atoms with Gasteiger partial charge in [-0.25, -0.2) is 5.01 Å². The Kier molecular flexibility index (Phi) is 8.18. The van der Waals surface area contributed by atoms with Crippen LogP contribution in [0.1, 0.15) is 69.9 Å². The van der Waals surface area contributed by atoms with Gasteiger partial charge in [-0.05, 0) is 23.4 Å². The summed E-state index contributed by atoms with van der Waals surface area (Å²) in [6.45, 7) is 2.67. The summed E-state index contributed by atoms with van der Waals surface area (Å²) in [5.74, 6) is 0.0590. The average Bonchev–Trinajstić information content (AvgIpc) is 3.14. The van der Waals surface area contributed by atoms with E-state index in [0.717, 1.165) is 24.3 Å². The van der Waals surface area contributed by atoms with Crippen LogP contribution in [0, 0.1) is 0 Å². The molecule has 170 valence electrons. The highest BCUT2D eigenvalue weighted by Gasteiger charge is 2.47. The van der Waals surface area contributed by atoms with Crippen LogP contribution in [0.4, 0.5) is 13.2 Å². The first-order chi connectivity index (χ1) is 14.9. The van der Waals surface area contributed by atoms with Crippen LogP contribution in [0.25, 0.3) is 10.8 Å². The minimum Gasteiger partial charge on any atom is -0.493 e.